The molecule has 1 aliphatic rings. The van der Waals surface area contributed by atoms with Crippen LogP contribution < -0.4 is 5.32 Å². The molecule has 0 spiro atoms. The Bertz CT molecular complexity index is 1070. The molecule has 182 valence electrons. The zero-order valence-corrected chi connectivity index (χ0v) is 20.3. The molecule has 0 saturated heterocycles. The summed E-state index contributed by atoms with van der Waals surface area (Å²) >= 11 is 0. The first-order valence-electron chi connectivity index (χ1n) is 11.4. The fourth-order valence-corrected chi connectivity index (χ4v) is 4.53. The second-order valence-corrected chi connectivity index (χ2v) is 9.26. The van der Waals surface area contributed by atoms with Crippen LogP contribution in [0.5, 0.6) is 5.75 Å². The lowest BCUT2D eigenvalue weighted by atomic mass is 9.90. The molecular formula is C26H33N3O5. The lowest BCUT2D eigenvalue weighted by Crippen LogP contribution is -2.58. The molecule has 0 fully saturated rings. The molecule has 3 rings (SSSR count). The van der Waals surface area contributed by atoms with Crippen molar-refractivity contribution in [1.82, 2.24) is 15.1 Å². The van der Waals surface area contributed by atoms with Crippen LogP contribution in [0, 0.1) is 13.8 Å². The molecule has 34 heavy (non-hydrogen) atoms. The topological polar surface area (TPSA) is 110 Å². The molecule has 3 atom stereocenters. The first-order valence-corrected chi connectivity index (χ1v) is 11.4. The molecule has 0 bridgehead atoms. The SMILES string of the molecule is Cc1cc(O)cc(C)c1C[C@@H](C(=O)N1Cc2ccccc2CC1C(=O)N[C@@H](C)C(=O)O)N(C)C. The average Bonchev–Trinajstić information content (AvgIpc) is 2.76. The largest absolute Gasteiger partial charge is 0.508 e. The summed E-state index contributed by atoms with van der Waals surface area (Å²) in [5.41, 5.74) is 4.71. The highest BCUT2D eigenvalue weighted by molar-refractivity contribution is 5.92. The van der Waals surface area contributed by atoms with Crippen LogP contribution in [0.4, 0.5) is 0 Å². The number of phenols is 1. The van der Waals surface area contributed by atoms with Crippen LogP contribution in [0.1, 0.15) is 34.7 Å². The van der Waals surface area contributed by atoms with E-state index in [2.05, 4.69) is 5.32 Å². The summed E-state index contributed by atoms with van der Waals surface area (Å²) in [5, 5.41) is 21.7. The molecule has 0 radical (unpaired) electrons. The van der Waals surface area contributed by atoms with E-state index >= 15 is 0 Å². The highest BCUT2D eigenvalue weighted by Gasteiger charge is 2.39. The van der Waals surface area contributed by atoms with Gasteiger partial charge in [-0.05, 0) is 81.2 Å². The third kappa shape index (κ3) is 5.39. The molecule has 3 N–H and O–H groups in total. The van der Waals surface area contributed by atoms with Crippen molar-refractivity contribution in [2.45, 2.75) is 58.3 Å². The third-order valence-corrected chi connectivity index (χ3v) is 6.55. The zero-order valence-electron chi connectivity index (χ0n) is 20.3. The first kappa shape index (κ1) is 25.2. The minimum Gasteiger partial charge on any atom is -0.508 e. The van der Waals surface area contributed by atoms with E-state index in [1.165, 1.54) is 6.92 Å². The first-order chi connectivity index (χ1) is 16.0. The normalized spacial score (nSPS) is 17.1. The Labute approximate surface area is 200 Å². The fourth-order valence-electron chi connectivity index (χ4n) is 4.53. The number of nitrogens with one attached hydrogen (secondary N) is 1. The number of carbonyl (C=O) groups is 3. The summed E-state index contributed by atoms with van der Waals surface area (Å²) in [6.45, 7) is 5.48. The van der Waals surface area contributed by atoms with Gasteiger partial charge in [-0.25, -0.2) is 0 Å². The predicted molar refractivity (Wildman–Crippen MR) is 128 cm³/mol. The smallest absolute Gasteiger partial charge is 0.325 e. The van der Waals surface area contributed by atoms with Gasteiger partial charge in [0.15, 0.2) is 0 Å². The van der Waals surface area contributed by atoms with Gasteiger partial charge in [0.1, 0.15) is 17.8 Å². The Morgan fingerprint density at radius 1 is 1.12 bits per heavy atom. The van der Waals surface area contributed by atoms with E-state index in [1.807, 2.05) is 57.1 Å². The number of rotatable bonds is 7. The number of nitrogens with zero attached hydrogens (tertiary/aromatic N) is 2. The maximum atomic E-state index is 13.9. The van der Waals surface area contributed by atoms with Gasteiger partial charge < -0.3 is 20.4 Å². The highest BCUT2D eigenvalue weighted by atomic mass is 16.4. The molecule has 2 aromatic carbocycles. The summed E-state index contributed by atoms with van der Waals surface area (Å²) in [7, 11) is 3.65. The molecular weight excluding hydrogens is 434 g/mol. The van der Waals surface area contributed by atoms with E-state index < -0.39 is 30.0 Å². The summed E-state index contributed by atoms with van der Waals surface area (Å²) in [6, 6.07) is 8.63. The number of aromatic hydroxyl groups is 1. The Hall–Kier alpha value is -3.39. The number of carboxylic acid groups (broad SMARTS) is 1. The minimum absolute atomic E-state index is 0.184. The van der Waals surface area contributed by atoms with Crippen molar-refractivity contribution in [2.75, 3.05) is 14.1 Å². The van der Waals surface area contributed by atoms with E-state index in [0.29, 0.717) is 12.8 Å². The van der Waals surface area contributed by atoms with Gasteiger partial charge in [-0.1, -0.05) is 24.3 Å². The molecule has 1 aliphatic heterocycles. The summed E-state index contributed by atoms with van der Waals surface area (Å²) in [4.78, 5) is 41.7. The molecule has 0 aliphatic carbocycles. The van der Waals surface area contributed by atoms with Gasteiger partial charge in [0.2, 0.25) is 11.8 Å². The molecule has 8 nitrogen and oxygen atoms in total. The van der Waals surface area contributed by atoms with Crippen LogP contribution in [0.25, 0.3) is 0 Å². The predicted octanol–water partition coefficient (Wildman–Crippen LogP) is 2.02. The standard InChI is InChI=1S/C26H33N3O5/c1-15-10-20(30)11-16(2)21(15)13-23(28(4)5)25(32)29-14-19-9-7-6-8-18(19)12-22(29)24(31)27-17(3)26(33)34/h6-11,17,22-23,30H,12-14H2,1-5H3,(H,27,31)(H,33,34)/t17-,22?,23-/m0/s1. The molecule has 0 saturated carbocycles. The number of amides is 2. The van der Waals surface area contributed by atoms with Crippen LogP contribution in [0.3, 0.4) is 0 Å². The fraction of sp³-hybridized carbons (Fsp3) is 0.423. The third-order valence-electron chi connectivity index (χ3n) is 6.55. The maximum Gasteiger partial charge on any atom is 0.325 e. The number of phenolic OH excluding ortho intramolecular Hbond substituents is 1. The number of carbonyl (C=O) groups excluding carboxylic acids is 2. The van der Waals surface area contributed by atoms with Crippen LogP contribution in [0.15, 0.2) is 36.4 Å². The van der Waals surface area contributed by atoms with Gasteiger partial charge in [0, 0.05) is 13.0 Å². The van der Waals surface area contributed by atoms with Crippen molar-refractivity contribution in [1.29, 1.82) is 0 Å². The summed E-state index contributed by atoms with van der Waals surface area (Å²) in [6.07, 6.45) is 0.735. The quantitative estimate of drug-likeness (QED) is 0.575. The van der Waals surface area contributed by atoms with E-state index in [0.717, 1.165) is 27.8 Å². The van der Waals surface area contributed by atoms with E-state index in [9.17, 15) is 24.6 Å². The molecule has 8 heteroatoms. The number of hydrogen-bond acceptors (Lipinski definition) is 5. The van der Waals surface area contributed by atoms with Crippen molar-refractivity contribution < 1.29 is 24.6 Å². The summed E-state index contributed by atoms with van der Waals surface area (Å²) < 4.78 is 0. The molecule has 2 aromatic rings. The van der Waals surface area contributed by atoms with Crippen molar-refractivity contribution in [3.8, 4) is 5.75 Å². The van der Waals surface area contributed by atoms with Crippen LogP contribution >= 0.6 is 0 Å². The van der Waals surface area contributed by atoms with Crippen LogP contribution in [-0.4, -0.2) is 70.0 Å². The highest BCUT2D eigenvalue weighted by Crippen LogP contribution is 2.27. The van der Waals surface area contributed by atoms with Crippen LogP contribution in [0.2, 0.25) is 0 Å². The lowest BCUT2D eigenvalue weighted by Gasteiger charge is -2.39. The number of carboxylic acids is 1. The van der Waals surface area contributed by atoms with E-state index in [-0.39, 0.29) is 18.2 Å². The van der Waals surface area contributed by atoms with E-state index in [1.54, 1.807) is 17.0 Å². The number of hydrogen-bond donors (Lipinski definition) is 3. The van der Waals surface area contributed by atoms with Gasteiger partial charge >= 0.3 is 5.97 Å². The van der Waals surface area contributed by atoms with Crippen molar-refractivity contribution in [3.63, 3.8) is 0 Å². The molecule has 1 heterocycles. The number of benzene rings is 2. The number of fused-ring (bicyclic) bond motifs is 1. The van der Waals surface area contributed by atoms with Crippen molar-refractivity contribution >= 4 is 17.8 Å². The molecule has 2 amide bonds. The Morgan fingerprint density at radius 2 is 1.71 bits per heavy atom. The second-order valence-electron chi connectivity index (χ2n) is 9.26. The van der Waals surface area contributed by atoms with Crippen molar-refractivity contribution in [3.05, 3.63) is 64.2 Å². The minimum atomic E-state index is -1.13. The van der Waals surface area contributed by atoms with Gasteiger partial charge in [0.25, 0.3) is 0 Å². The monoisotopic (exact) mass is 467 g/mol. The molecule has 1 unspecified atom stereocenters. The maximum absolute atomic E-state index is 13.9. The van der Waals surface area contributed by atoms with Crippen LogP contribution in [-0.2, 0) is 33.8 Å². The Balaban J connectivity index is 1.95. The second kappa shape index (κ2) is 10.3. The number of likely N-dealkylation sites (N-methyl/N-ethyl adjacent to an activating group) is 1. The van der Waals surface area contributed by atoms with Gasteiger partial charge in [-0.2, -0.15) is 0 Å². The van der Waals surface area contributed by atoms with Crippen molar-refractivity contribution in [2.24, 2.45) is 0 Å². The molecule has 0 aromatic heterocycles. The number of aryl methyl sites for hydroxylation is 2. The van der Waals surface area contributed by atoms with Gasteiger partial charge in [-0.3, -0.25) is 19.3 Å². The Morgan fingerprint density at radius 3 is 2.26 bits per heavy atom. The lowest BCUT2D eigenvalue weighted by molar-refractivity contribution is -0.147. The average molecular weight is 468 g/mol. The van der Waals surface area contributed by atoms with E-state index in [4.69, 9.17) is 0 Å². The number of aliphatic carboxylic acids is 1. The van der Waals surface area contributed by atoms with Gasteiger partial charge in [0.05, 0.1) is 6.04 Å². The summed E-state index contributed by atoms with van der Waals surface area (Å²) in [5.74, 6) is -1.63. The van der Waals surface area contributed by atoms with Gasteiger partial charge in [-0.15, -0.1) is 0 Å². The Kier molecular flexibility index (Phi) is 7.61. The zero-order chi connectivity index (χ0) is 25.2.